The number of rotatable bonds is 6. The SMILES string of the molecule is O=C1S/C(=C\c2cn(Cc3ccc([N+](=O)[O-])cc3)c3ccccc23)C(=O)N1Cc1ccc2ccccc2c1. The molecule has 0 unspecified atom stereocenters. The van der Waals surface area contributed by atoms with Gasteiger partial charge in [0.15, 0.2) is 0 Å². The molecule has 7 nitrogen and oxygen atoms in total. The molecule has 0 spiro atoms. The van der Waals surface area contributed by atoms with E-state index in [2.05, 4.69) is 0 Å². The summed E-state index contributed by atoms with van der Waals surface area (Å²) < 4.78 is 2.04. The number of para-hydroxylation sites is 1. The molecule has 1 saturated heterocycles. The lowest BCUT2D eigenvalue weighted by Crippen LogP contribution is -2.27. The second-order valence-corrected chi connectivity index (χ2v) is 10.1. The van der Waals surface area contributed by atoms with Crippen LogP contribution < -0.4 is 0 Å². The number of benzene rings is 4. The number of amides is 2. The van der Waals surface area contributed by atoms with Crippen molar-refractivity contribution in [3.63, 3.8) is 0 Å². The van der Waals surface area contributed by atoms with Gasteiger partial charge in [-0.05, 0) is 51.9 Å². The fourth-order valence-electron chi connectivity index (χ4n) is 4.74. The van der Waals surface area contributed by atoms with Gasteiger partial charge in [-0.1, -0.05) is 66.7 Å². The molecule has 1 aliphatic rings. The molecular formula is C30H21N3O4S. The minimum atomic E-state index is -0.417. The van der Waals surface area contributed by atoms with Gasteiger partial charge in [0.2, 0.25) is 0 Å². The van der Waals surface area contributed by atoms with Gasteiger partial charge in [-0.2, -0.15) is 0 Å². The predicted molar refractivity (Wildman–Crippen MR) is 150 cm³/mol. The van der Waals surface area contributed by atoms with Crippen LogP contribution in [0.1, 0.15) is 16.7 Å². The monoisotopic (exact) mass is 519 g/mol. The summed E-state index contributed by atoms with van der Waals surface area (Å²) in [4.78, 5) is 38.3. The number of non-ortho nitro benzene ring substituents is 1. The van der Waals surface area contributed by atoms with Crippen LogP contribution in [0, 0.1) is 10.1 Å². The molecule has 0 radical (unpaired) electrons. The van der Waals surface area contributed by atoms with Crippen LogP contribution >= 0.6 is 11.8 Å². The van der Waals surface area contributed by atoms with E-state index in [0.29, 0.717) is 11.4 Å². The van der Waals surface area contributed by atoms with Crippen molar-refractivity contribution in [3.8, 4) is 0 Å². The number of carbonyl (C=O) groups excluding carboxylic acids is 2. The zero-order valence-corrected chi connectivity index (χ0v) is 20.9. The first-order valence-electron chi connectivity index (χ1n) is 12.0. The lowest BCUT2D eigenvalue weighted by molar-refractivity contribution is -0.384. The lowest BCUT2D eigenvalue weighted by atomic mass is 10.1. The van der Waals surface area contributed by atoms with Crippen molar-refractivity contribution < 1.29 is 14.5 Å². The highest BCUT2D eigenvalue weighted by atomic mass is 32.2. The Morgan fingerprint density at radius 1 is 0.816 bits per heavy atom. The van der Waals surface area contributed by atoms with Crippen molar-refractivity contribution >= 4 is 56.3 Å². The fraction of sp³-hybridized carbons (Fsp3) is 0.0667. The van der Waals surface area contributed by atoms with Gasteiger partial charge in [0.1, 0.15) is 0 Å². The summed E-state index contributed by atoms with van der Waals surface area (Å²) in [6.07, 6.45) is 3.73. The average molecular weight is 520 g/mol. The average Bonchev–Trinajstić information content (AvgIpc) is 3.40. The van der Waals surface area contributed by atoms with Crippen LogP contribution in [0.5, 0.6) is 0 Å². The second kappa shape index (κ2) is 9.64. The maximum Gasteiger partial charge on any atom is 0.293 e. The van der Waals surface area contributed by atoms with Crippen LogP contribution in [0.3, 0.4) is 0 Å². The van der Waals surface area contributed by atoms with E-state index in [1.165, 1.54) is 17.0 Å². The number of nitrogens with zero attached hydrogens (tertiary/aromatic N) is 3. The quantitative estimate of drug-likeness (QED) is 0.137. The van der Waals surface area contributed by atoms with E-state index in [1.807, 2.05) is 77.5 Å². The van der Waals surface area contributed by atoms with E-state index in [4.69, 9.17) is 0 Å². The number of nitro benzene ring substituents is 1. The highest BCUT2D eigenvalue weighted by Crippen LogP contribution is 2.35. The third-order valence-electron chi connectivity index (χ3n) is 6.63. The number of carbonyl (C=O) groups is 2. The minimum Gasteiger partial charge on any atom is -0.342 e. The highest BCUT2D eigenvalue weighted by molar-refractivity contribution is 8.18. The zero-order valence-electron chi connectivity index (χ0n) is 20.1. The van der Waals surface area contributed by atoms with Crippen LogP contribution in [0.2, 0.25) is 0 Å². The van der Waals surface area contributed by atoms with Crippen molar-refractivity contribution in [2.75, 3.05) is 0 Å². The molecule has 38 heavy (non-hydrogen) atoms. The molecule has 0 aliphatic carbocycles. The summed E-state index contributed by atoms with van der Waals surface area (Å²) >= 11 is 0.951. The summed E-state index contributed by atoms with van der Waals surface area (Å²) in [7, 11) is 0. The molecule has 0 N–H and O–H groups in total. The molecule has 5 aromatic rings. The number of hydrogen-bond acceptors (Lipinski definition) is 5. The Bertz CT molecular complexity index is 1770. The van der Waals surface area contributed by atoms with Crippen molar-refractivity contribution in [1.29, 1.82) is 0 Å². The summed E-state index contributed by atoms with van der Waals surface area (Å²) in [5.41, 5.74) is 3.66. The summed E-state index contributed by atoms with van der Waals surface area (Å²) in [5, 5.41) is 13.8. The third kappa shape index (κ3) is 4.46. The van der Waals surface area contributed by atoms with Gasteiger partial charge in [-0.3, -0.25) is 24.6 Å². The summed E-state index contributed by atoms with van der Waals surface area (Å²) in [6, 6.07) is 28.2. The fourth-order valence-corrected chi connectivity index (χ4v) is 5.57. The lowest BCUT2D eigenvalue weighted by Gasteiger charge is -2.13. The smallest absolute Gasteiger partial charge is 0.293 e. The molecule has 0 saturated carbocycles. The van der Waals surface area contributed by atoms with Gasteiger partial charge >= 0.3 is 0 Å². The summed E-state index contributed by atoms with van der Waals surface area (Å²) in [5.74, 6) is -0.305. The van der Waals surface area contributed by atoms with E-state index < -0.39 is 4.92 Å². The van der Waals surface area contributed by atoms with Crippen molar-refractivity contribution in [3.05, 3.63) is 129 Å². The van der Waals surface area contributed by atoms with Crippen molar-refractivity contribution in [2.24, 2.45) is 0 Å². The molecule has 6 rings (SSSR count). The van der Waals surface area contributed by atoms with E-state index >= 15 is 0 Å². The molecule has 186 valence electrons. The Hall–Kier alpha value is -4.69. The summed E-state index contributed by atoms with van der Waals surface area (Å²) in [6.45, 7) is 0.727. The van der Waals surface area contributed by atoms with Crippen LogP contribution in [-0.4, -0.2) is 25.5 Å². The number of fused-ring (bicyclic) bond motifs is 2. The molecule has 8 heteroatoms. The first-order valence-corrected chi connectivity index (χ1v) is 12.8. The minimum absolute atomic E-state index is 0.0474. The molecule has 2 heterocycles. The number of thioether (sulfide) groups is 1. The largest absolute Gasteiger partial charge is 0.342 e. The molecule has 4 aromatic carbocycles. The molecule has 0 bridgehead atoms. The van der Waals surface area contributed by atoms with Gasteiger partial charge < -0.3 is 4.57 Å². The Morgan fingerprint density at radius 3 is 2.32 bits per heavy atom. The van der Waals surface area contributed by atoms with E-state index in [9.17, 15) is 19.7 Å². The number of nitro groups is 1. The number of hydrogen-bond donors (Lipinski definition) is 0. The van der Waals surface area contributed by atoms with Gasteiger partial charge in [-0.25, -0.2) is 0 Å². The Labute approximate surface area is 222 Å². The van der Waals surface area contributed by atoms with E-state index in [0.717, 1.165) is 50.1 Å². The Balaban J connectivity index is 1.28. The number of aromatic nitrogens is 1. The maximum atomic E-state index is 13.3. The standard InChI is InChI=1S/C30H21N3O4S/c34-29-28(38-30(35)32(29)18-21-9-12-22-5-1-2-6-23(22)15-21)16-24-19-31(27-8-4-3-7-26(24)27)17-20-10-13-25(14-11-20)33(36)37/h1-16,19H,17-18H2/b28-16-. The van der Waals surface area contributed by atoms with Crippen LogP contribution in [0.25, 0.3) is 27.8 Å². The van der Waals surface area contributed by atoms with Crippen molar-refractivity contribution in [1.82, 2.24) is 9.47 Å². The van der Waals surface area contributed by atoms with Gasteiger partial charge in [0.25, 0.3) is 16.8 Å². The first kappa shape index (κ1) is 23.7. The Kier molecular flexibility index (Phi) is 6.01. The van der Waals surface area contributed by atoms with Crippen LogP contribution in [0.4, 0.5) is 10.5 Å². The van der Waals surface area contributed by atoms with Crippen molar-refractivity contribution in [2.45, 2.75) is 13.1 Å². The van der Waals surface area contributed by atoms with Crippen LogP contribution in [0.15, 0.2) is 102 Å². The van der Waals surface area contributed by atoms with Gasteiger partial charge in [0.05, 0.1) is 16.4 Å². The van der Waals surface area contributed by atoms with E-state index in [-0.39, 0.29) is 23.4 Å². The Morgan fingerprint density at radius 2 is 1.53 bits per heavy atom. The molecule has 1 aromatic heterocycles. The first-order chi connectivity index (χ1) is 18.5. The third-order valence-corrected chi connectivity index (χ3v) is 7.54. The van der Waals surface area contributed by atoms with Crippen LogP contribution in [-0.2, 0) is 17.9 Å². The zero-order chi connectivity index (χ0) is 26.2. The highest BCUT2D eigenvalue weighted by Gasteiger charge is 2.35. The predicted octanol–water partition coefficient (Wildman–Crippen LogP) is 6.99. The maximum absolute atomic E-state index is 13.3. The van der Waals surface area contributed by atoms with Gasteiger partial charge in [-0.15, -0.1) is 0 Å². The molecule has 1 fully saturated rings. The number of imide groups is 1. The van der Waals surface area contributed by atoms with Gasteiger partial charge in [0, 0.05) is 41.3 Å². The second-order valence-electron chi connectivity index (χ2n) is 9.10. The normalized spacial score (nSPS) is 14.7. The molecule has 1 aliphatic heterocycles. The molecule has 0 atom stereocenters. The van der Waals surface area contributed by atoms with E-state index in [1.54, 1.807) is 18.2 Å². The molecular weight excluding hydrogens is 498 g/mol. The topological polar surface area (TPSA) is 85.5 Å². The molecule has 2 amide bonds.